The Morgan fingerprint density at radius 1 is 1.30 bits per heavy atom. The third kappa shape index (κ3) is 3.58. The number of thiazole rings is 1. The molecule has 2 rings (SSSR count). The van der Waals surface area contributed by atoms with Crippen LogP contribution in [0.3, 0.4) is 0 Å². The first-order valence-electron chi connectivity index (χ1n) is 6.46. The van der Waals surface area contributed by atoms with Gasteiger partial charge in [-0.25, -0.2) is 4.98 Å². The molecule has 0 unspecified atom stereocenters. The minimum absolute atomic E-state index is 0.0309. The van der Waals surface area contributed by atoms with Gasteiger partial charge in [-0.05, 0) is 30.5 Å². The van der Waals surface area contributed by atoms with E-state index in [1.165, 1.54) is 11.3 Å². The summed E-state index contributed by atoms with van der Waals surface area (Å²) < 4.78 is 0. The molecule has 106 valence electrons. The highest BCUT2D eigenvalue weighted by molar-refractivity contribution is 7.15. The van der Waals surface area contributed by atoms with Crippen LogP contribution in [0.25, 0.3) is 0 Å². The summed E-state index contributed by atoms with van der Waals surface area (Å²) in [5.74, 6) is -0.0506. The van der Waals surface area contributed by atoms with Crippen LogP contribution in [0.1, 0.15) is 30.2 Å². The molecule has 0 saturated heterocycles. The van der Waals surface area contributed by atoms with Gasteiger partial charge in [0.1, 0.15) is 0 Å². The maximum atomic E-state index is 12.5. The summed E-state index contributed by atoms with van der Waals surface area (Å²) in [6, 6.07) is 7.43. The molecule has 0 fully saturated rings. The van der Waals surface area contributed by atoms with E-state index in [2.05, 4.69) is 10.3 Å². The van der Waals surface area contributed by atoms with Crippen molar-refractivity contribution in [3.63, 3.8) is 0 Å². The SMILES string of the molecule is Cc1cnc(NC(=O)[C@@H](c2ccc(Cl)cc2)C(C)C)s1. The number of rotatable bonds is 4. The number of hydrogen-bond acceptors (Lipinski definition) is 3. The van der Waals surface area contributed by atoms with Crippen LogP contribution in [-0.4, -0.2) is 10.9 Å². The number of nitrogens with zero attached hydrogens (tertiary/aromatic N) is 1. The van der Waals surface area contributed by atoms with Crippen molar-refractivity contribution in [2.24, 2.45) is 5.92 Å². The number of halogens is 1. The van der Waals surface area contributed by atoms with E-state index >= 15 is 0 Å². The van der Waals surface area contributed by atoms with Crippen LogP contribution in [-0.2, 0) is 4.79 Å². The fourth-order valence-corrected chi connectivity index (χ4v) is 2.90. The van der Waals surface area contributed by atoms with Gasteiger partial charge in [0.15, 0.2) is 5.13 Å². The molecule has 20 heavy (non-hydrogen) atoms. The van der Waals surface area contributed by atoms with Crippen LogP contribution in [0.15, 0.2) is 30.5 Å². The van der Waals surface area contributed by atoms with E-state index in [9.17, 15) is 4.79 Å². The molecule has 0 aliphatic rings. The molecule has 1 aromatic heterocycles. The Morgan fingerprint density at radius 2 is 1.95 bits per heavy atom. The molecule has 1 amide bonds. The second kappa shape index (κ2) is 6.37. The second-order valence-corrected chi connectivity index (χ2v) is 6.71. The Labute approximate surface area is 128 Å². The van der Waals surface area contributed by atoms with Crippen molar-refractivity contribution < 1.29 is 4.79 Å². The minimum atomic E-state index is -0.212. The van der Waals surface area contributed by atoms with Gasteiger partial charge >= 0.3 is 0 Å². The molecule has 0 aliphatic carbocycles. The van der Waals surface area contributed by atoms with Crippen LogP contribution in [0.2, 0.25) is 5.02 Å². The summed E-state index contributed by atoms with van der Waals surface area (Å²) in [5.41, 5.74) is 0.968. The van der Waals surface area contributed by atoms with E-state index in [4.69, 9.17) is 11.6 Å². The first-order valence-corrected chi connectivity index (χ1v) is 7.65. The van der Waals surface area contributed by atoms with Crippen molar-refractivity contribution in [1.29, 1.82) is 0 Å². The van der Waals surface area contributed by atoms with Gasteiger partial charge in [0.05, 0.1) is 5.92 Å². The molecule has 0 aliphatic heterocycles. The van der Waals surface area contributed by atoms with E-state index in [0.29, 0.717) is 10.2 Å². The highest BCUT2D eigenvalue weighted by Gasteiger charge is 2.24. The molecule has 5 heteroatoms. The molecule has 0 saturated carbocycles. The normalized spacial score (nSPS) is 12.4. The van der Waals surface area contributed by atoms with Crippen molar-refractivity contribution in [1.82, 2.24) is 4.98 Å². The topological polar surface area (TPSA) is 42.0 Å². The van der Waals surface area contributed by atoms with Gasteiger partial charge in [0.25, 0.3) is 0 Å². The van der Waals surface area contributed by atoms with E-state index in [-0.39, 0.29) is 17.7 Å². The monoisotopic (exact) mass is 308 g/mol. The fraction of sp³-hybridized carbons (Fsp3) is 0.333. The molecule has 1 atom stereocenters. The predicted molar refractivity (Wildman–Crippen MR) is 84.5 cm³/mol. The number of amides is 1. The molecular formula is C15H17ClN2OS. The number of carbonyl (C=O) groups excluding carboxylic acids is 1. The molecule has 1 aromatic carbocycles. The lowest BCUT2D eigenvalue weighted by molar-refractivity contribution is -0.118. The molecule has 3 nitrogen and oxygen atoms in total. The summed E-state index contributed by atoms with van der Waals surface area (Å²) in [5, 5.41) is 4.21. The average molecular weight is 309 g/mol. The van der Waals surface area contributed by atoms with E-state index in [1.807, 2.05) is 45.0 Å². The summed E-state index contributed by atoms with van der Waals surface area (Å²) >= 11 is 7.38. The third-order valence-corrected chi connectivity index (χ3v) is 4.11. The van der Waals surface area contributed by atoms with Crippen LogP contribution >= 0.6 is 22.9 Å². The minimum Gasteiger partial charge on any atom is -0.301 e. The third-order valence-electron chi connectivity index (χ3n) is 3.03. The van der Waals surface area contributed by atoms with Crippen molar-refractivity contribution in [3.8, 4) is 0 Å². The van der Waals surface area contributed by atoms with Crippen LogP contribution in [0.5, 0.6) is 0 Å². The second-order valence-electron chi connectivity index (χ2n) is 5.04. The van der Waals surface area contributed by atoms with Gasteiger partial charge in [-0.1, -0.05) is 37.6 Å². The maximum absolute atomic E-state index is 12.5. The Morgan fingerprint density at radius 3 is 2.45 bits per heavy atom. The number of aromatic nitrogens is 1. The number of benzene rings is 1. The Bertz CT molecular complexity index is 592. The molecule has 0 radical (unpaired) electrons. The Kier molecular flexibility index (Phi) is 4.78. The number of aryl methyl sites for hydroxylation is 1. The summed E-state index contributed by atoms with van der Waals surface area (Å²) in [6.07, 6.45) is 1.76. The van der Waals surface area contributed by atoms with Crippen LogP contribution in [0.4, 0.5) is 5.13 Å². The smallest absolute Gasteiger partial charge is 0.233 e. The molecule has 0 spiro atoms. The largest absolute Gasteiger partial charge is 0.301 e. The van der Waals surface area contributed by atoms with Crippen molar-refractivity contribution in [3.05, 3.63) is 45.9 Å². The highest BCUT2D eigenvalue weighted by atomic mass is 35.5. The number of nitrogens with one attached hydrogen (secondary N) is 1. The molecule has 0 bridgehead atoms. The Balaban J connectivity index is 2.20. The van der Waals surface area contributed by atoms with Gasteiger partial charge in [0.2, 0.25) is 5.91 Å². The zero-order valence-corrected chi connectivity index (χ0v) is 13.3. The number of carbonyl (C=O) groups is 1. The van der Waals surface area contributed by atoms with E-state index < -0.39 is 0 Å². The van der Waals surface area contributed by atoms with E-state index in [1.54, 1.807) is 6.20 Å². The number of hydrogen-bond donors (Lipinski definition) is 1. The highest BCUT2D eigenvalue weighted by Crippen LogP contribution is 2.28. The van der Waals surface area contributed by atoms with Gasteiger partial charge in [-0.3, -0.25) is 4.79 Å². The average Bonchev–Trinajstić information content (AvgIpc) is 2.77. The lowest BCUT2D eigenvalue weighted by Crippen LogP contribution is -2.25. The van der Waals surface area contributed by atoms with Crippen molar-refractivity contribution in [2.45, 2.75) is 26.7 Å². The van der Waals surface area contributed by atoms with Crippen molar-refractivity contribution >= 4 is 34.0 Å². The fourth-order valence-electron chi connectivity index (χ4n) is 2.10. The molecule has 1 N–H and O–H groups in total. The number of anilines is 1. The first kappa shape index (κ1) is 15.0. The van der Waals surface area contributed by atoms with Gasteiger partial charge < -0.3 is 5.32 Å². The zero-order chi connectivity index (χ0) is 14.7. The van der Waals surface area contributed by atoms with Crippen molar-refractivity contribution in [2.75, 3.05) is 5.32 Å². The summed E-state index contributed by atoms with van der Waals surface area (Å²) in [6.45, 7) is 6.03. The van der Waals surface area contributed by atoms with Gasteiger partial charge in [-0.2, -0.15) is 0 Å². The Hall–Kier alpha value is -1.39. The summed E-state index contributed by atoms with van der Waals surface area (Å²) in [4.78, 5) is 17.7. The molecular weight excluding hydrogens is 292 g/mol. The van der Waals surface area contributed by atoms with Crippen LogP contribution in [0, 0.1) is 12.8 Å². The lowest BCUT2D eigenvalue weighted by atomic mass is 9.88. The first-order chi connectivity index (χ1) is 9.47. The molecule has 2 aromatic rings. The van der Waals surface area contributed by atoms with Gasteiger partial charge in [0, 0.05) is 16.1 Å². The van der Waals surface area contributed by atoms with Gasteiger partial charge in [-0.15, -0.1) is 11.3 Å². The van der Waals surface area contributed by atoms with Crippen LogP contribution < -0.4 is 5.32 Å². The molecule has 1 heterocycles. The van der Waals surface area contributed by atoms with E-state index in [0.717, 1.165) is 10.4 Å². The maximum Gasteiger partial charge on any atom is 0.233 e. The predicted octanol–water partition coefficient (Wildman–Crippen LogP) is 4.48. The standard InChI is InChI=1S/C15H17ClN2OS/c1-9(2)13(11-4-6-12(16)7-5-11)14(19)18-15-17-8-10(3)20-15/h4-9,13H,1-3H3,(H,17,18,19)/t13-/m1/s1. The quantitative estimate of drug-likeness (QED) is 0.904. The lowest BCUT2D eigenvalue weighted by Gasteiger charge is -2.20. The zero-order valence-electron chi connectivity index (χ0n) is 11.7. The summed E-state index contributed by atoms with van der Waals surface area (Å²) in [7, 11) is 0.